The average molecular weight is 353 g/mol. The summed E-state index contributed by atoms with van der Waals surface area (Å²) in [7, 11) is 0. The molecule has 26 heavy (non-hydrogen) atoms. The monoisotopic (exact) mass is 353 g/mol. The Morgan fingerprint density at radius 2 is 1.62 bits per heavy atom. The number of carbonyl (C=O) groups is 2. The third-order valence-electron chi connectivity index (χ3n) is 4.32. The highest BCUT2D eigenvalue weighted by Crippen LogP contribution is 2.19. The molecule has 0 saturated heterocycles. The highest BCUT2D eigenvalue weighted by atomic mass is 16.2. The van der Waals surface area contributed by atoms with Crippen LogP contribution in [-0.2, 0) is 4.79 Å². The van der Waals surface area contributed by atoms with E-state index in [1.54, 1.807) is 24.3 Å². The third-order valence-corrected chi connectivity index (χ3v) is 4.32. The lowest BCUT2D eigenvalue weighted by Crippen LogP contribution is -2.36. The fourth-order valence-corrected chi connectivity index (χ4v) is 3.01. The minimum atomic E-state index is -0.171. The van der Waals surface area contributed by atoms with Gasteiger partial charge in [-0.15, -0.1) is 10.2 Å². The predicted octanol–water partition coefficient (Wildman–Crippen LogP) is 3.24. The van der Waals surface area contributed by atoms with E-state index in [0.717, 1.165) is 24.2 Å². The summed E-state index contributed by atoms with van der Waals surface area (Å²) in [5.41, 5.74) is 1.86. The lowest BCUT2D eigenvalue weighted by Gasteiger charge is -2.22. The topological polar surface area (TPSA) is 96.0 Å². The summed E-state index contributed by atoms with van der Waals surface area (Å²) in [5.74, 6) is 0.265. The molecule has 1 aliphatic rings. The van der Waals surface area contributed by atoms with Crippen molar-refractivity contribution in [2.45, 2.75) is 45.1 Å². The lowest BCUT2D eigenvalue weighted by molar-refractivity contribution is -0.114. The van der Waals surface area contributed by atoms with Crippen LogP contribution < -0.4 is 16.0 Å². The van der Waals surface area contributed by atoms with E-state index < -0.39 is 0 Å². The second kappa shape index (κ2) is 8.42. The minimum Gasteiger partial charge on any atom is -0.348 e. The van der Waals surface area contributed by atoms with Gasteiger partial charge < -0.3 is 16.0 Å². The largest absolute Gasteiger partial charge is 0.348 e. The molecule has 3 N–H and O–H groups in total. The van der Waals surface area contributed by atoms with Crippen molar-refractivity contribution in [3.05, 3.63) is 42.1 Å². The molecule has 2 aromatic rings. The second-order valence-corrected chi connectivity index (χ2v) is 6.50. The number of hydrogen-bond acceptors (Lipinski definition) is 5. The molecular weight excluding hydrogens is 330 g/mol. The minimum absolute atomic E-state index is 0.112. The molecule has 1 aliphatic carbocycles. The van der Waals surface area contributed by atoms with Gasteiger partial charge in [0.2, 0.25) is 5.91 Å². The van der Waals surface area contributed by atoms with Crippen molar-refractivity contribution in [2.75, 3.05) is 10.6 Å². The Morgan fingerprint density at radius 1 is 0.923 bits per heavy atom. The molecule has 0 atom stereocenters. The standard InChI is InChI=1S/C19H23N5O2/c1-13(25)20-15-7-9-16(10-8-15)21-18-12-11-17(23-24-18)19(26)22-14-5-3-2-4-6-14/h7-12,14H,2-6H2,1H3,(H,20,25)(H,21,24)(H,22,26). The van der Waals surface area contributed by atoms with E-state index >= 15 is 0 Å². The van der Waals surface area contributed by atoms with Crippen molar-refractivity contribution in [3.63, 3.8) is 0 Å². The average Bonchev–Trinajstić information content (AvgIpc) is 2.64. The molecule has 0 spiro atoms. The molecule has 0 bridgehead atoms. The molecule has 7 nitrogen and oxygen atoms in total. The van der Waals surface area contributed by atoms with Gasteiger partial charge in [-0.1, -0.05) is 19.3 Å². The third kappa shape index (κ3) is 5.02. The fourth-order valence-electron chi connectivity index (χ4n) is 3.01. The van der Waals surface area contributed by atoms with Gasteiger partial charge in [0, 0.05) is 24.3 Å². The molecule has 3 rings (SSSR count). The lowest BCUT2D eigenvalue weighted by atomic mass is 9.95. The molecule has 0 radical (unpaired) electrons. The van der Waals surface area contributed by atoms with Crippen molar-refractivity contribution >= 4 is 29.0 Å². The summed E-state index contributed by atoms with van der Waals surface area (Å²) in [4.78, 5) is 23.3. The van der Waals surface area contributed by atoms with Crippen molar-refractivity contribution in [1.82, 2.24) is 15.5 Å². The Hall–Kier alpha value is -2.96. The van der Waals surface area contributed by atoms with E-state index in [-0.39, 0.29) is 17.9 Å². The normalized spacial score (nSPS) is 14.5. The summed E-state index contributed by atoms with van der Waals surface area (Å²) >= 11 is 0. The molecule has 0 aliphatic heterocycles. The summed E-state index contributed by atoms with van der Waals surface area (Å²) in [5, 5.41) is 16.9. The summed E-state index contributed by atoms with van der Waals surface area (Å²) in [6.07, 6.45) is 5.65. The second-order valence-electron chi connectivity index (χ2n) is 6.50. The summed E-state index contributed by atoms with van der Waals surface area (Å²) in [6.45, 7) is 1.47. The van der Waals surface area contributed by atoms with Crippen LogP contribution in [0.5, 0.6) is 0 Å². The Morgan fingerprint density at radius 3 is 2.23 bits per heavy atom. The molecule has 1 heterocycles. The molecule has 1 aromatic heterocycles. The van der Waals surface area contributed by atoms with Crippen LogP contribution in [0.1, 0.15) is 49.5 Å². The number of benzene rings is 1. The molecule has 136 valence electrons. The first-order valence-electron chi connectivity index (χ1n) is 8.89. The van der Waals surface area contributed by atoms with Crippen LogP contribution in [0.25, 0.3) is 0 Å². The molecule has 1 saturated carbocycles. The van der Waals surface area contributed by atoms with Crippen molar-refractivity contribution in [1.29, 1.82) is 0 Å². The fraction of sp³-hybridized carbons (Fsp3) is 0.368. The van der Waals surface area contributed by atoms with Gasteiger partial charge in [-0.2, -0.15) is 0 Å². The van der Waals surface area contributed by atoms with Crippen molar-refractivity contribution in [2.24, 2.45) is 0 Å². The van der Waals surface area contributed by atoms with Gasteiger partial charge in [0.05, 0.1) is 0 Å². The number of hydrogen-bond donors (Lipinski definition) is 3. The highest BCUT2D eigenvalue weighted by Gasteiger charge is 2.17. The van der Waals surface area contributed by atoms with E-state index in [1.165, 1.54) is 26.2 Å². The first-order valence-corrected chi connectivity index (χ1v) is 8.89. The van der Waals surface area contributed by atoms with E-state index in [2.05, 4.69) is 26.1 Å². The van der Waals surface area contributed by atoms with E-state index in [1.807, 2.05) is 12.1 Å². The van der Waals surface area contributed by atoms with Crippen LogP contribution in [0.4, 0.5) is 17.2 Å². The van der Waals surface area contributed by atoms with Crippen LogP contribution >= 0.6 is 0 Å². The van der Waals surface area contributed by atoms with Gasteiger partial charge in [0.1, 0.15) is 0 Å². The van der Waals surface area contributed by atoms with Crippen LogP contribution in [0.2, 0.25) is 0 Å². The van der Waals surface area contributed by atoms with Crippen LogP contribution in [0.15, 0.2) is 36.4 Å². The van der Waals surface area contributed by atoms with Crippen LogP contribution in [-0.4, -0.2) is 28.1 Å². The molecule has 2 amide bonds. The van der Waals surface area contributed by atoms with E-state index in [0.29, 0.717) is 11.5 Å². The number of carbonyl (C=O) groups excluding carboxylic acids is 2. The number of anilines is 3. The van der Waals surface area contributed by atoms with Crippen molar-refractivity contribution in [3.8, 4) is 0 Å². The zero-order valence-corrected chi connectivity index (χ0v) is 14.8. The maximum absolute atomic E-state index is 12.2. The molecular formula is C19H23N5O2. The Labute approximate surface area is 152 Å². The first kappa shape index (κ1) is 17.8. The summed E-state index contributed by atoms with van der Waals surface area (Å²) < 4.78 is 0. The predicted molar refractivity (Wildman–Crippen MR) is 100 cm³/mol. The number of nitrogens with one attached hydrogen (secondary N) is 3. The number of nitrogens with zero attached hydrogens (tertiary/aromatic N) is 2. The molecule has 7 heteroatoms. The zero-order chi connectivity index (χ0) is 18.4. The van der Waals surface area contributed by atoms with Crippen LogP contribution in [0, 0.1) is 0 Å². The number of amides is 2. The highest BCUT2D eigenvalue weighted by molar-refractivity contribution is 5.92. The molecule has 0 unspecified atom stereocenters. The number of rotatable bonds is 5. The maximum atomic E-state index is 12.2. The van der Waals surface area contributed by atoms with Gasteiger partial charge in [0.15, 0.2) is 11.5 Å². The SMILES string of the molecule is CC(=O)Nc1ccc(Nc2ccc(C(=O)NC3CCCCC3)nn2)cc1. The van der Waals surface area contributed by atoms with Gasteiger partial charge >= 0.3 is 0 Å². The molecule has 1 aromatic carbocycles. The first-order chi connectivity index (χ1) is 12.6. The maximum Gasteiger partial charge on any atom is 0.272 e. The van der Waals surface area contributed by atoms with Gasteiger partial charge in [-0.3, -0.25) is 9.59 Å². The smallest absolute Gasteiger partial charge is 0.272 e. The Balaban J connectivity index is 1.56. The van der Waals surface area contributed by atoms with Gasteiger partial charge in [-0.25, -0.2) is 0 Å². The van der Waals surface area contributed by atoms with Gasteiger partial charge in [-0.05, 0) is 49.2 Å². The van der Waals surface area contributed by atoms with Crippen molar-refractivity contribution < 1.29 is 9.59 Å². The summed E-state index contributed by atoms with van der Waals surface area (Å²) in [6, 6.07) is 10.9. The van der Waals surface area contributed by atoms with Gasteiger partial charge in [0.25, 0.3) is 5.91 Å². The number of aromatic nitrogens is 2. The quantitative estimate of drug-likeness (QED) is 0.767. The Bertz CT molecular complexity index is 753. The van der Waals surface area contributed by atoms with E-state index in [9.17, 15) is 9.59 Å². The Kier molecular flexibility index (Phi) is 5.78. The van der Waals surface area contributed by atoms with Crippen LogP contribution in [0.3, 0.4) is 0 Å². The van der Waals surface area contributed by atoms with E-state index in [4.69, 9.17) is 0 Å². The zero-order valence-electron chi connectivity index (χ0n) is 14.8. The molecule has 1 fully saturated rings.